The maximum Gasteiger partial charge on any atom is 0.314 e. The van der Waals surface area contributed by atoms with Gasteiger partial charge in [0.25, 0.3) is 0 Å². The van der Waals surface area contributed by atoms with Crippen LogP contribution < -0.4 is 18.9 Å². The summed E-state index contributed by atoms with van der Waals surface area (Å²) < 4.78 is 25.2. The van der Waals surface area contributed by atoms with Gasteiger partial charge in [-0.25, -0.2) is 0 Å². The maximum atomic E-state index is 14.6. The highest BCUT2D eigenvalue weighted by Gasteiger charge is 2.48. The fourth-order valence-electron chi connectivity index (χ4n) is 12.2. The van der Waals surface area contributed by atoms with Crippen LogP contribution in [-0.2, 0) is 19.2 Å². The van der Waals surface area contributed by atoms with Gasteiger partial charge in [0.05, 0.1) is 23.7 Å². The number of nitrogens with zero attached hydrogens (tertiary/aromatic N) is 4. The second-order valence-corrected chi connectivity index (χ2v) is 26.1. The summed E-state index contributed by atoms with van der Waals surface area (Å²) in [6, 6.07) is 5.98. The SMILES string of the molecule is CC1(C)CCC(C(=O)Oc2cc(OC(=O)C3CCC(C)(C)N(O)C(C)(C)C3)c3cc(OC(=O)C4CCC(C)(C)N(O)C(C)(C)C4)cc(OC(=O)C4CCC(C)(C)N(O)C(C)(C)C4)c3c2)CC(C)(C)N1O. The summed E-state index contributed by atoms with van der Waals surface area (Å²) in [5.41, 5.74) is -5.66. The van der Waals surface area contributed by atoms with Gasteiger partial charge in [-0.2, -0.15) is 20.3 Å². The predicted molar refractivity (Wildman–Crippen MR) is 263 cm³/mol. The van der Waals surface area contributed by atoms with Gasteiger partial charge in [-0.05, 0) is 200 Å². The van der Waals surface area contributed by atoms with E-state index in [0.717, 1.165) is 0 Å². The average Bonchev–Trinajstić information content (AvgIpc) is 3.48. The molecule has 4 unspecified atom stereocenters. The number of esters is 4. The molecule has 392 valence electrons. The summed E-state index contributed by atoms with van der Waals surface area (Å²) >= 11 is 0. The summed E-state index contributed by atoms with van der Waals surface area (Å²) in [7, 11) is 0. The van der Waals surface area contributed by atoms with E-state index in [2.05, 4.69) is 0 Å². The summed E-state index contributed by atoms with van der Waals surface area (Å²) in [5.74, 6) is -4.87. The predicted octanol–water partition coefficient (Wildman–Crippen LogP) is 10.7. The minimum atomic E-state index is -0.805. The van der Waals surface area contributed by atoms with Gasteiger partial charge in [0.1, 0.15) is 23.0 Å². The Labute approximate surface area is 415 Å². The number of hydrogen-bond donors (Lipinski definition) is 4. The highest BCUT2D eigenvalue weighted by molar-refractivity contribution is 5.99. The Hall–Kier alpha value is -3.74. The van der Waals surface area contributed by atoms with Crippen molar-refractivity contribution < 1.29 is 59.0 Å². The third-order valence-corrected chi connectivity index (χ3v) is 16.1. The Kier molecular flexibility index (Phi) is 15.3. The molecule has 0 aromatic heterocycles. The van der Waals surface area contributed by atoms with Gasteiger partial charge in [-0.3, -0.25) is 19.2 Å². The lowest BCUT2D eigenvalue weighted by molar-refractivity contribution is -0.222. The molecule has 4 aliphatic heterocycles. The lowest BCUT2D eigenvalue weighted by atomic mass is 9.89. The molecule has 0 radical (unpaired) electrons. The molecule has 0 spiro atoms. The van der Waals surface area contributed by atoms with Crippen LogP contribution in [-0.4, -0.2) is 109 Å². The molecule has 2 aromatic rings. The third-order valence-electron chi connectivity index (χ3n) is 16.1. The number of hydrogen-bond acceptors (Lipinski definition) is 16. The molecule has 4 saturated heterocycles. The zero-order valence-corrected chi connectivity index (χ0v) is 44.9. The quantitative estimate of drug-likeness (QED) is 0.144. The van der Waals surface area contributed by atoms with Crippen LogP contribution in [0.3, 0.4) is 0 Å². The van der Waals surface area contributed by atoms with E-state index in [9.17, 15) is 40.0 Å². The van der Waals surface area contributed by atoms with E-state index in [0.29, 0.717) is 64.2 Å². The fourth-order valence-corrected chi connectivity index (χ4v) is 12.2. The van der Waals surface area contributed by atoms with E-state index in [4.69, 9.17) is 18.9 Å². The van der Waals surface area contributed by atoms with Gasteiger partial charge in [0.2, 0.25) is 0 Å². The van der Waals surface area contributed by atoms with E-state index in [-0.39, 0.29) is 46.6 Å². The first-order valence-electron chi connectivity index (χ1n) is 25.3. The van der Waals surface area contributed by atoms with Crippen LogP contribution >= 0.6 is 0 Å². The van der Waals surface area contributed by atoms with E-state index in [1.54, 1.807) is 12.1 Å². The summed E-state index contributed by atoms with van der Waals surface area (Å²) in [6.45, 7) is 30.3. The van der Waals surface area contributed by atoms with Crippen LogP contribution in [0.4, 0.5) is 0 Å². The molecule has 0 aliphatic carbocycles. The number of hydroxylamine groups is 8. The number of ether oxygens (including phenoxy) is 4. The molecule has 16 nitrogen and oxygen atoms in total. The second kappa shape index (κ2) is 19.3. The molecule has 4 fully saturated rings. The van der Waals surface area contributed by atoms with Crippen molar-refractivity contribution in [1.82, 2.24) is 20.3 Å². The molecular formula is C54H84N4O12. The van der Waals surface area contributed by atoms with Crippen molar-refractivity contribution in [2.24, 2.45) is 23.7 Å². The minimum absolute atomic E-state index is 0.0125. The Morgan fingerprint density at radius 1 is 0.371 bits per heavy atom. The average molecular weight is 981 g/mol. The lowest BCUT2D eigenvalue weighted by Crippen LogP contribution is -2.52. The van der Waals surface area contributed by atoms with Crippen molar-refractivity contribution in [2.45, 2.75) is 232 Å². The van der Waals surface area contributed by atoms with Crippen LogP contribution in [0.25, 0.3) is 10.8 Å². The van der Waals surface area contributed by atoms with E-state index in [1.807, 2.05) is 111 Å². The van der Waals surface area contributed by atoms with Crippen LogP contribution in [0.2, 0.25) is 0 Å². The first-order chi connectivity index (χ1) is 31.9. The van der Waals surface area contributed by atoms with Crippen molar-refractivity contribution in [3.63, 3.8) is 0 Å². The Bertz CT molecular complexity index is 2160. The lowest BCUT2D eigenvalue weighted by Gasteiger charge is -2.42. The normalized spacial score (nSPS) is 28.8. The summed E-state index contributed by atoms with van der Waals surface area (Å²) in [6.07, 6.45) is 4.76. The molecule has 6 rings (SSSR count). The fraction of sp³-hybridized carbons (Fsp3) is 0.741. The number of carbonyl (C=O) groups is 4. The van der Waals surface area contributed by atoms with E-state index >= 15 is 0 Å². The van der Waals surface area contributed by atoms with Crippen LogP contribution in [0.1, 0.15) is 188 Å². The van der Waals surface area contributed by atoms with Gasteiger partial charge in [-0.15, -0.1) is 0 Å². The van der Waals surface area contributed by atoms with Crippen molar-refractivity contribution >= 4 is 34.6 Å². The third kappa shape index (κ3) is 11.7. The largest absolute Gasteiger partial charge is 0.426 e. The molecular weight excluding hydrogens is 897 g/mol. The van der Waals surface area contributed by atoms with Crippen molar-refractivity contribution in [3.8, 4) is 23.0 Å². The summed E-state index contributed by atoms with van der Waals surface area (Å²) in [4.78, 5) is 57.7. The van der Waals surface area contributed by atoms with Gasteiger partial charge in [-0.1, -0.05) is 0 Å². The molecule has 4 heterocycles. The van der Waals surface area contributed by atoms with Gasteiger partial charge in [0.15, 0.2) is 0 Å². The Balaban J connectivity index is 1.48. The highest BCUT2D eigenvalue weighted by Crippen LogP contribution is 2.46. The minimum Gasteiger partial charge on any atom is -0.426 e. The maximum absolute atomic E-state index is 14.6. The first-order valence-corrected chi connectivity index (χ1v) is 25.3. The molecule has 2 aromatic carbocycles. The molecule has 4 atom stereocenters. The van der Waals surface area contributed by atoms with Crippen molar-refractivity contribution in [1.29, 1.82) is 0 Å². The second-order valence-electron chi connectivity index (χ2n) is 26.1. The van der Waals surface area contributed by atoms with Gasteiger partial charge >= 0.3 is 23.9 Å². The van der Waals surface area contributed by atoms with Crippen LogP contribution in [0, 0.1) is 23.7 Å². The number of rotatable bonds is 8. The van der Waals surface area contributed by atoms with E-state index in [1.165, 1.54) is 32.4 Å². The zero-order valence-electron chi connectivity index (χ0n) is 44.9. The molecule has 4 aliphatic rings. The van der Waals surface area contributed by atoms with Crippen molar-refractivity contribution in [3.05, 3.63) is 24.3 Å². The van der Waals surface area contributed by atoms with Gasteiger partial charge in [0, 0.05) is 67.2 Å². The monoisotopic (exact) mass is 981 g/mol. The Morgan fingerprint density at radius 3 is 0.814 bits per heavy atom. The smallest absolute Gasteiger partial charge is 0.314 e. The Morgan fingerprint density at radius 2 is 0.586 bits per heavy atom. The first kappa shape index (κ1) is 55.6. The summed E-state index contributed by atoms with van der Waals surface area (Å²) in [5, 5.41) is 50.6. The van der Waals surface area contributed by atoms with Crippen LogP contribution in [0.15, 0.2) is 24.3 Å². The molecule has 0 saturated carbocycles. The topological polar surface area (TPSA) is 199 Å². The number of benzene rings is 2. The standard InChI is InChI=1S/C54H84N4O12/c1-47(2)21-17-33(29-51(9,10)55(47)63)43(59)67-37-25-39-40(41(27-37)69-45(61)35-19-23-49(5,6)57(65)53(13,14)31-35)26-38(68-44(60)34-18-22-48(3,4)56(64)52(11,12)30-34)28-42(39)70-46(62)36-20-24-50(7,8)58(66)54(15,16)32-36/h25-28,33-36,63-66H,17-24,29-32H2,1-16H3. The van der Waals surface area contributed by atoms with Crippen LogP contribution in [0.5, 0.6) is 23.0 Å². The number of fused-ring (bicyclic) bond motifs is 1. The molecule has 0 amide bonds. The highest BCUT2D eigenvalue weighted by atomic mass is 16.6. The molecule has 0 bridgehead atoms. The molecule has 16 heteroatoms. The van der Waals surface area contributed by atoms with Gasteiger partial charge < -0.3 is 39.8 Å². The molecule has 4 N–H and O–H groups in total. The van der Waals surface area contributed by atoms with Crippen molar-refractivity contribution in [2.75, 3.05) is 0 Å². The van der Waals surface area contributed by atoms with E-state index < -0.39 is 91.9 Å². The zero-order chi connectivity index (χ0) is 52.5. The number of carbonyl (C=O) groups excluding carboxylic acids is 4. The molecule has 70 heavy (non-hydrogen) atoms.